The number of piperidine rings is 2. The molecule has 1 amide bonds. The monoisotopic (exact) mass is 416 g/mol. The molecule has 3 aromatic rings. The van der Waals surface area contributed by atoms with Crippen LogP contribution in [0.3, 0.4) is 0 Å². The van der Waals surface area contributed by atoms with E-state index < -0.39 is 5.60 Å². The van der Waals surface area contributed by atoms with Crippen LogP contribution in [0.2, 0.25) is 0 Å². The van der Waals surface area contributed by atoms with Gasteiger partial charge in [-0.05, 0) is 55.5 Å². The van der Waals surface area contributed by atoms with Gasteiger partial charge in [0, 0.05) is 36.0 Å². The van der Waals surface area contributed by atoms with Crippen LogP contribution in [-0.4, -0.2) is 33.2 Å². The van der Waals surface area contributed by atoms with Crippen LogP contribution in [0.4, 0.5) is 4.79 Å². The number of rotatable bonds is 3. The molecule has 2 bridgehead atoms. The number of aliphatic hydroxyl groups is 1. The maximum atomic E-state index is 13.0. The van der Waals surface area contributed by atoms with E-state index in [0.717, 1.165) is 47.0 Å². The van der Waals surface area contributed by atoms with Gasteiger partial charge in [0.15, 0.2) is 0 Å². The third-order valence-corrected chi connectivity index (χ3v) is 6.79. The summed E-state index contributed by atoms with van der Waals surface area (Å²) in [7, 11) is 0. The van der Waals surface area contributed by atoms with E-state index in [-0.39, 0.29) is 24.8 Å². The quantitative estimate of drug-likeness (QED) is 0.646. The normalized spacial score (nSPS) is 25.4. The number of amides is 1. The molecule has 0 aliphatic carbocycles. The Morgan fingerprint density at radius 1 is 1.10 bits per heavy atom. The minimum absolute atomic E-state index is 0.00684. The lowest BCUT2D eigenvalue weighted by Crippen LogP contribution is -2.58. The van der Waals surface area contributed by atoms with E-state index >= 15 is 0 Å². The Hall–Kier alpha value is -2.92. The van der Waals surface area contributed by atoms with Crippen molar-refractivity contribution in [1.82, 2.24) is 9.88 Å². The number of hydrogen-bond acceptors (Lipinski definition) is 4. The molecule has 2 unspecified atom stereocenters. The third kappa shape index (κ3) is 3.90. The number of fused-ring (bicyclic) bond motifs is 3. The number of hydrogen-bond donors (Lipinski definition) is 1. The van der Waals surface area contributed by atoms with Gasteiger partial charge in [-0.2, -0.15) is 0 Å². The zero-order valence-electron chi connectivity index (χ0n) is 17.8. The standard InChI is InChI=1S/C26H28N2O3/c1-18-10-11-20-14-21(12-13-24(20)27-18)26(30)15-22-8-5-9-23(16-26)28(22)25(29)31-17-19-6-3-2-4-7-19/h2-4,6-7,10-14,22-23,30H,5,8-9,15-17H2,1H3. The summed E-state index contributed by atoms with van der Waals surface area (Å²) in [6.07, 6.45) is 3.68. The molecule has 2 aromatic carbocycles. The van der Waals surface area contributed by atoms with Crippen molar-refractivity contribution in [3.8, 4) is 0 Å². The van der Waals surface area contributed by atoms with Crippen molar-refractivity contribution in [1.29, 1.82) is 0 Å². The molecule has 2 fully saturated rings. The van der Waals surface area contributed by atoms with Crippen molar-refractivity contribution in [2.24, 2.45) is 0 Å². The largest absolute Gasteiger partial charge is 0.445 e. The first-order chi connectivity index (χ1) is 15.0. The summed E-state index contributed by atoms with van der Waals surface area (Å²) in [5.74, 6) is 0. The maximum absolute atomic E-state index is 13.0. The molecule has 31 heavy (non-hydrogen) atoms. The second kappa shape index (κ2) is 7.97. The maximum Gasteiger partial charge on any atom is 0.410 e. The van der Waals surface area contributed by atoms with E-state index in [4.69, 9.17) is 4.74 Å². The molecule has 1 N–H and O–H groups in total. The number of aromatic nitrogens is 1. The average Bonchev–Trinajstić information content (AvgIpc) is 2.77. The second-order valence-corrected chi connectivity index (χ2v) is 8.99. The van der Waals surface area contributed by atoms with Gasteiger partial charge >= 0.3 is 6.09 Å². The van der Waals surface area contributed by atoms with Gasteiger partial charge in [-0.3, -0.25) is 4.98 Å². The number of pyridine rings is 1. The molecule has 0 spiro atoms. The van der Waals surface area contributed by atoms with Crippen molar-refractivity contribution in [3.05, 3.63) is 77.5 Å². The van der Waals surface area contributed by atoms with Gasteiger partial charge in [0.2, 0.25) is 0 Å². The smallest absolute Gasteiger partial charge is 0.410 e. The van der Waals surface area contributed by atoms with Gasteiger partial charge in [0.25, 0.3) is 0 Å². The Bertz CT molecular complexity index is 1080. The minimum Gasteiger partial charge on any atom is -0.445 e. The van der Waals surface area contributed by atoms with Gasteiger partial charge in [0.05, 0.1) is 11.1 Å². The average molecular weight is 417 g/mol. The molecule has 2 aliphatic heterocycles. The predicted molar refractivity (Wildman–Crippen MR) is 120 cm³/mol. The Morgan fingerprint density at radius 3 is 2.58 bits per heavy atom. The summed E-state index contributed by atoms with van der Waals surface area (Å²) >= 11 is 0. The first kappa shape index (κ1) is 20.0. The van der Waals surface area contributed by atoms with Crippen molar-refractivity contribution in [2.45, 2.75) is 63.3 Å². The van der Waals surface area contributed by atoms with Crippen LogP contribution >= 0.6 is 0 Å². The Kier molecular flexibility index (Phi) is 5.14. The summed E-state index contributed by atoms with van der Waals surface area (Å²) < 4.78 is 5.64. The van der Waals surface area contributed by atoms with E-state index in [1.807, 2.05) is 60.4 Å². The second-order valence-electron chi connectivity index (χ2n) is 8.99. The highest BCUT2D eigenvalue weighted by atomic mass is 16.6. The molecule has 5 heteroatoms. The molecule has 2 atom stereocenters. The van der Waals surface area contributed by atoms with E-state index in [1.54, 1.807) is 0 Å². The molecule has 1 aromatic heterocycles. The summed E-state index contributed by atoms with van der Waals surface area (Å²) in [5, 5.41) is 12.7. The Balaban J connectivity index is 1.35. The van der Waals surface area contributed by atoms with Gasteiger partial charge in [-0.15, -0.1) is 0 Å². The van der Waals surface area contributed by atoms with E-state index in [1.165, 1.54) is 0 Å². The van der Waals surface area contributed by atoms with Gasteiger partial charge in [-0.25, -0.2) is 4.79 Å². The molecule has 5 nitrogen and oxygen atoms in total. The predicted octanol–water partition coefficient (Wildman–Crippen LogP) is 5.08. The zero-order valence-corrected chi connectivity index (χ0v) is 17.8. The van der Waals surface area contributed by atoms with Crippen LogP contribution in [-0.2, 0) is 16.9 Å². The fraction of sp³-hybridized carbons (Fsp3) is 0.385. The first-order valence-electron chi connectivity index (χ1n) is 11.1. The molecule has 160 valence electrons. The SMILES string of the molecule is Cc1ccc2cc(C3(O)CC4CCCC(C3)N4C(=O)OCc3ccccc3)ccc2n1. The van der Waals surface area contributed by atoms with E-state index in [9.17, 15) is 9.90 Å². The molecule has 3 heterocycles. The molecular formula is C26H28N2O3. The van der Waals surface area contributed by atoms with Crippen LogP contribution in [0.1, 0.15) is 48.9 Å². The summed E-state index contributed by atoms with van der Waals surface area (Å²) in [6.45, 7) is 2.26. The summed E-state index contributed by atoms with van der Waals surface area (Å²) in [5.41, 5.74) is 2.88. The van der Waals surface area contributed by atoms with Crippen LogP contribution in [0.25, 0.3) is 10.9 Å². The summed E-state index contributed by atoms with van der Waals surface area (Å²) in [6, 6.07) is 19.8. The van der Waals surface area contributed by atoms with Crippen LogP contribution in [0, 0.1) is 6.92 Å². The van der Waals surface area contributed by atoms with Gasteiger partial charge in [-0.1, -0.05) is 42.5 Å². The number of ether oxygens (including phenoxy) is 1. The fourth-order valence-corrected chi connectivity index (χ4v) is 5.27. The Labute approximate surface area is 182 Å². The minimum atomic E-state index is -0.939. The zero-order chi connectivity index (χ0) is 21.4. The van der Waals surface area contributed by atoms with Crippen molar-refractivity contribution >= 4 is 17.0 Å². The molecular weight excluding hydrogens is 388 g/mol. The van der Waals surface area contributed by atoms with Crippen LogP contribution in [0.15, 0.2) is 60.7 Å². The lowest BCUT2D eigenvalue weighted by Gasteiger charge is -2.51. The van der Waals surface area contributed by atoms with Crippen LogP contribution in [0.5, 0.6) is 0 Å². The lowest BCUT2D eigenvalue weighted by atomic mass is 9.72. The van der Waals surface area contributed by atoms with E-state index in [0.29, 0.717) is 12.8 Å². The molecule has 0 radical (unpaired) electrons. The highest BCUT2D eigenvalue weighted by molar-refractivity contribution is 5.79. The van der Waals surface area contributed by atoms with Crippen molar-refractivity contribution in [3.63, 3.8) is 0 Å². The van der Waals surface area contributed by atoms with Crippen molar-refractivity contribution < 1.29 is 14.6 Å². The number of aryl methyl sites for hydroxylation is 1. The number of benzene rings is 2. The fourth-order valence-electron chi connectivity index (χ4n) is 5.27. The highest BCUT2D eigenvalue weighted by Crippen LogP contribution is 2.45. The van der Waals surface area contributed by atoms with Gasteiger partial charge in [0.1, 0.15) is 6.61 Å². The van der Waals surface area contributed by atoms with Crippen molar-refractivity contribution in [2.75, 3.05) is 0 Å². The number of nitrogens with zero attached hydrogens (tertiary/aromatic N) is 2. The molecule has 2 saturated heterocycles. The molecule has 0 saturated carbocycles. The van der Waals surface area contributed by atoms with Crippen LogP contribution < -0.4 is 0 Å². The number of carbonyl (C=O) groups is 1. The highest BCUT2D eigenvalue weighted by Gasteiger charge is 2.48. The Morgan fingerprint density at radius 2 is 1.84 bits per heavy atom. The first-order valence-corrected chi connectivity index (χ1v) is 11.1. The molecule has 2 aliphatic rings. The third-order valence-electron chi connectivity index (χ3n) is 6.79. The summed E-state index contributed by atoms with van der Waals surface area (Å²) in [4.78, 5) is 19.4. The lowest BCUT2D eigenvalue weighted by molar-refractivity contribution is -0.0895. The van der Waals surface area contributed by atoms with Gasteiger partial charge < -0.3 is 14.7 Å². The molecule has 5 rings (SSSR count). The topological polar surface area (TPSA) is 62.7 Å². The van der Waals surface area contributed by atoms with E-state index in [2.05, 4.69) is 17.1 Å². The number of carbonyl (C=O) groups excluding carboxylic acids is 1.